The largest absolute Gasteiger partial charge is 0.491 e. The first kappa shape index (κ1) is 18.8. The maximum atomic E-state index is 11.8. The van der Waals surface area contributed by atoms with Crippen LogP contribution in [-0.4, -0.2) is 49.9 Å². The Labute approximate surface area is 138 Å². The van der Waals surface area contributed by atoms with Gasteiger partial charge in [-0.1, -0.05) is 12.1 Å². The van der Waals surface area contributed by atoms with Crippen molar-refractivity contribution in [1.82, 2.24) is 10.2 Å². The molecule has 126 valence electrons. The molecule has 0 aliphatic carbocycles. The first-order valence-corrected chi connectivity index (χ1v) is 7.60. The summed E-state index contributed by atoms with van der Waals surface area (Å²) in [6, 6.07) is 9.22. The minimum absolute atomic E-state index is 0.335. The van der Waals surface area contributed by atoms with Crippen LogP contribution < -0.4 is 10.1 Å². The fourth-order valence-electron chi connectivity index (χ4n) is 1.72. The topological polar surface area (TPSA) is 74.6 Å². The molecule has 0 aliphatic rings. The van der Waals surface area contributed by atoms with Crippen molar-refractivity contribution in [3.05, 3.63) is 29.8 Å². The van der Waals surface area contributed by atoms with Gasteiger partial charge in [0.05, 0.1) is 5.56 Å². The number of amides is 1. The number of hydrogen-bond donors (Lipinski definition) is 1. The van der Waals surface area contributed by atoms with E-state index in [-0.39, 0.29) is 6.09 Å². The van der Waals surface area contributed by atoms with Crippen LogP contribution >= 0.6 is 0 Å². The number of nitrogens with zero attached hydrogens (tertiary/aromatic N) is 2. The van der Waals surface area contributed by atoms with Crippen molar-refractivity contribution >= 4 is 6.09 Å². The van der Waals surface area contributed by atoms with Gasteiger partial charge in [-0.25, -0.2) is 4.79 Å². The molecule has 0 spiro atoms. The van der Waals surface area contributed by atoms with Gasteiger partial charge < -0.3 is 19.7 Å². The Balaban J connectivity index is 2.18. The minimum atomic E-state index is -0.485. The van der Waals surface area contributed by atoms with Gasteiger partial charge in [0, 0.05) is 26.7 Å². The normalized spacial score (nSPS) is 10.7. The molecule has 0 saturated carbocycles. The zero-order chi connectivity index (χ0) is 17.3. The van der Waals surface area contributed by atoms with Crippen LogP contribution in [0.4, 0.5) is 4.79 Å². The number of nitriles is 1. The number of carbonyl (C=O) groups excluding carboxylic acids is 1. The van der Waals surface area contributed by atoms with Crippen LogP contribution in [0.2, 0.25) is 0 Å². The molecule has 0 fully saturated rings. The van der Waals surface area contributed by atoms with Crippen LogP contribution in [-0.2, 0) is 4.74 Å². The quantitative estimate of drug-likeness (QED) is 0.781. The van der Waals surface area contributed by atoms with Crippen molar-refractivity contribution in [3.8, 4) is 11.8 Å². The number of ether oxygens (including phenoxy) is 2. The second-order valence-corrected chi connectivity index (χ2v) is 6.11. The molecule has 0 saturated heterocycles. The number of likely N-dealkylation sites (N-methyl/N-ethyl adjacent to an activating group) is 1. The van der Waals surface area contributed by atoms with E-state index in [0.717, 1.165) is 0 Å². The predicted molar refractivity (Wildman–Crippen MR) is 88.4 cm³/mol. The summed E-state index contributed by atoms with van der Waals surface area (Å²) in [7, 11) is 1.70. The van der Waals surface area contributed by atoms with Gasteiger partial charge in [0.1, 0.15) is 24.0 Å². The lowest BCUT2D eigenvalue weighted by Crippen LogP contribution is -2.38. The third-order valence-corrected chi connectivity index (χ3v) is 2.87. The van der Waals surface area contributed by atoms with Gasteiger partial charge in [0.25, 0.3) is 0 Å². The number of rotatable bonds is 7. The van der Waals surface area contributed by atoms with E-state index in [1.165, 1.54) is 4.90 Å². The third kappa shape index (κ3) is 7.52. The molecule has 1 aromatic rings. The van der Waals surface area contributed by atoms with Gasteiger partial charge in [-0.2, -0.15) is 5.26 Å². The Kier molecular flexibility index (Phi) is 7.36. The first-order valence-electron chi connectivity index (χ1n) is 7.60. The third-order valence-electron chi connectivity index (χ3n) is 2.87. The summed E-state index contributed by atoms with van der Waals surface area (Å²) in [5.74, 6) is 0.586. The van der Waals surface area contributed by atoms with Gasteiger partial charge >= 0.3 is 6.09 Å². The zero-order valence-corrected chi connectivity index (χ0v) is 14.3. The van der Waals surface area contributed by atoms with Gasteiger partial charge in [-0.3, -0.25) is 0 Å². The molecule has 0 aliphatic heterocycles. The van der Waals surface area contributed by atoms with Crippen molar-refractivity contribution in [2.45, 2.75) is 26.4 Å². The van der Waals surface area contributed by atoms with E-state index in [1.54, 1.807) is 25.2 Å². The SMILES string of the molecule is CN(CCNCCOc1ccccc1C#N)C(=O)OC(C)(C)C. The molecule has 23 heavy (non-hydrogen) atoms. The van der Waals surface area contributed by atoms with Crippen LogP contribution in [0.15, 0.2) is 24.3 Å². The molecule has 0 radical (unpaired) electrons. The molecule has 0 atom stereocenters. The second-order valence-electron chi connectivity index (χ2n) is 6.11. The molecule has 0 aromatic heterocycles. The summed E-state index contributed by atoms with van der Waals surface area (Å²) in [6.45, 7) is 7.79. The highest BCUT2D eigenvalue weighted by Crippen LogP contribution is 2.15. The molecule has 1 aromatic carbocycles. The van der Waals surface area contributed by atoms with Crippen LogP contribution in [0.1, 0.15) is 26.3 Å². The van der Waals surface area contributed by atoms with E-state index < -0.39 is 5.60 Å². The monoisotopic (exact) mass is 319 g/mol. The lowest BCUT2D eigenvalue weighted by Gasteiger charge is -2.24. The Hall–Kier alpha value is -2.26. The molecule has 6 nitrogen and oxygen atoms in total. The number of hydrogen-bond acceptors (Lipinski definition) is 5. The average Bonchev–Trinajstić information content (AvgIpc) is 2.49. The van der Waals surface area contributed by atoms with Crippen LogP contribution in [0, 0.1) is 11.3 Å². The van der Waals surface area contributed by atoms with Crippen LogP contribution in [0.3, 0.4) is 0 Å². The Morgan fingerprint density at radius 1 is 1.30 bits per heavy atom. The second kappa shape index (κ2) is 9.01. The number of carbonyl (C=O) groups is 1. The number of nitrogens with one attached hydrogen (secondary N) is 1. The van der Waals surface area contributed by atoms with Gasteiger partial charge in [0.15, 0.2) is 0 Å². The van der Waals surface area contributed by atoms with Crippen LogP contribution in [0.25, 0.3) is 0 Å². The predicted octanol–water partition coefficient (Wildman–Crippen LogP) is 2.39. The maximum absolute atomic E-state index is 11.8. The Bertz CT molecular complexity index is 547. The van der Waals surface area contributed by atoms with E-state index in [4.69, 9.17) is 14.7 Å². The molecule has 1 rings (SSSR count). The van der Waals surface area contributed by atoms with E-state index in [9.17, 15) is 4.79 Å². The molecular formula is C17H25N3O3. The number of benzene rings is 1. The fraction of sp³-hybridized carbons (Fsp3) is 0.529. The summed E-state index contributed by atoms with van der Waals surface area (Å²) in [5.41, 5.74) is 0.0398. The summed E-state index contributed by atoms with van der Waals surface area (Å²) in [6.07, 6.45) is -0.335. The summed E-state index contributed by atoms with van der Waals surface area (Å²) in [4.78, 5) is 13.3. The van der Waals surface area contributed by atoms with E-state index >= 15 is 0 Å². The molecule has 0 heterocycles. The van der Waals surface area contributed by atoms with E-state index in [0.29, 0.717) is 37.6 Å². The zero-order valence-electron chi connectivity index (χ0n) is 14.3. The molecule has 6 heteroatoms. The lowest BCUT2D eigenvalue weighted by molar-refractivity contribution is 0.0300. The smallest absolute Gasteiger partial charge is 0.410 e. The first-order chi connectivity index (χ1) is 10.8. The van der Waals surface area contributed by atoms with E-state index in [1.807, 2.05) is 26.8 Å². The molecule has 1 amide bonds. The van der Waals surface area contributed by atoms with Gasteiger partial charge in [-0.05, 0) is 32.9 Å². The molecule has 0 unspecified atom stereocenters. The Morgan fingerprint density at radius 2 is 2.00 bits per heavy atom. The highest BCUT2D eigenvalue weighted by molar-refractivity contribution is 5.67. The van der Waals surface area contributed by atoms with Crippen molar-refractivity contribution < 1.29 is 14.3 Å². The fourth-order valence-corrected chi connectivity index (χ4v) is 1.72. The molecular weight excluding hydrogens is 294 g/mol. The van der Waals surface area contributed by atoms with Crippen molar-refractivity contribution in [3.63, 3.8) is 0 Å². The average molecular weight is 319 g/mol. The van der Waals surface area contributed by atoms with Crippen LogP contribution in [0.5, 0.6) is 5.75 Å². The van der Waals surface area contributed by atoms with Crippen molar-refractivity contribution in [2.75, 3.05) is 33.3 Å². The van der Waals surface area contributed by atoms with Gasteiger partial charge in [-0.15, -0.1) is 0 Å². The molecule has 0 bridgehead atoms. The highest BCUT2D eigenvalue weighted by atomic mass is 16.6. The summed E-state index contributed by atoms with van der Waals surface area (Å²) >= 11 is 0. The number of para-hydroxylation sites is 1. The molecule has 1 N–H and O–H groups in total. The standard InChI is InChI=1S/C17H25N3O3/c1-17(2,3)23-16(21)20(4)11-9-19-10-12-22-15-8-6-5-7-14(15)13-18/h5-8,19H,9-12H2,1-4H3. The maximum Gasteiger partial charge on any atom is 0.410 e. The summed E-state index contributed by atoms with van der Waals surface area (Å²) < 4.78 is 10.8. The lowest BCUT2D eigenvalue weighted by atomic mass is 10.2. The van der Waals surface area contributed by atoms with Crippen molar-refractivity contribution in [1.29, 1.82) is 5.26 Å². The van der Waals surface area contributed by atoms with Gasteiger partial charge in [0.2, 0.25) is 0 Å². The summed E-state index contributed by atoms with van der Waals surface area (Å²) in [5, 5.41) is 12.1. The van der Waals surface area contributed by atoms with Crippen molar-refractivity contribution in [2.24, 2.45) is 0 Å². The minimum Gasteiger partial charge on any atom is -0.491 e. The van der Waals surface area contributed by atoms with E-state index in [2.05, 4.69) is 11.4 Å². The highest BCUT2D eigenvalue weighted by Gasteiger charge is 2.18. The Morgan fingerprint density at radius 3 is 2.65 bits per heavy atom.